The van der Waals surface area contributed by atoms with Crippen molar-refractivity contribution in [1.29, 1.82) is 0 Å². The maximum absolute atomic E-state index is 11.7. The van der Waals surface area contributed by atoms with E-state index in [2.05, 4.69) is 20.7 Å². The van der Waals surface area contributed by atoms with Crippen molar-refractivity contribution in [3.05, 3.63) is 22.7 Å². The van der Waals surface area contributed by atoms with Crippen molar-refractivity contribution in [2.75, 3.05) is 10.5 Å². The number of rotatable bonds is 6. The molecule has 108 valence electrons. The Hall–Kier alpha value is -0.640. The van der Waals surface area contributed by atoms with Crippen molar-refractivity contribution >= 4 is 41.7 Å². The highest BCUT2D eigenvalue weighted by Crippen LogP contribution is 2.26. The first-order valence-electron chi connectivity index (χ1n) is 5.48. The third-order valence-electron chi connectivity index (χ3n) is 2.30. The smallest absolute Gasteiger partial charge is 0.238 e. The lowest BCUT2D eigenvalue weighted by molar-refractivity contribution is 0.596. The zero-order chi connectivity index (χ0) is 14.7. The first-order chi connectivity index (χ1) is 8.65. The molecule has 0 aliphatic carbocycles. The largest absolute Gasteiger partial charge is 0.282 e. The molecular formula is C10H15BrN2O4S2. The van der Waals surface area contributed by atoms with Crippen LogP contribution in [0.5, 0.6) is 0 Å². The van der Waals surface area contributed by atoms with Gasteiger partial charge in [-0.1, -0.05) is 13.3 Å². The van der Waals surface area contributed by atoms with E-state index < -0.39 is 20.0 Å². The van der Waals surface area contributed by atoms with Crippen molar-refractivity contribution < 1.29 is 16.8 Å². The lowest BCUT2D eigenvalue weighted by Crippen LogP contribution is -2.17. The average molecular weight is 371 g/mol. The van der Waals surface area contributed by atoms with Gasteiger partial charge in [-0.3, -0.25) is 4.72 Å². The van der Waals surface area contributed by atoms with Gasteiger partial charge < -0.3 is 0 Å². The fraction of sp³-hybridized carbons (Fsp3) is 0.400. The Morgan fingerprint density at radius 1 is 1.26 bits per heavy atom. The molecule has 0 fully saturated rings. The average Bonchev–Trinajstić information content (AvgIpc) is 2.27. The van der Waals surface area contributed by atoms with E-state index in [1.807, 2.05) is 6.92 Å². The molecule has 0 aliphatic heterocycles. The minimum Gasteiger partial charge on any atom is -0.282 e. The lowest BCUT2D eigenvalue weighted by Gasteiger charge is -2.10. The van der Waals surface area contributed by atoms with E-state index in [0.717, 1.165) is 6.42 Å². The number of sulfonamides is 2. The second-order valence-corrected chi connectivity index (χ2v) is 8.22. The summed E-state index contributed by atoms with van der Waals surface area (Å²) >= 11 is 3.11. The molecule has 0 aromatic heterocycles. The second kappa shape index (κ2) is 6.21. The predicted octanol–water partition coefficient (Wildman–Crippen LogP) is 1.64. The number of hydrogen-bond donors (Lipinski definition) is 2. The van der Waals surface area contributed by atoms with Gasteiger partial charge in [0, 0.05) is 4.47 Å². The minimum absolute atomic E-state index is 0.0207. The topological polar surface area (TPSA) is 106 Å². The van der Waals surface area contributed by atoms with Gasteiger partial charge in [-0.2, -0.15) is 0 Å². The normalized spacial score (nSPS) is 12.4. The minimum atomic E-state index is -3.81. The molecule has 1 aromatic rings. The summed E-state index contributed by atoms with van der Waals surface area (Å²) in [6, 6.07) is 3.86. The number of halogens is 1. The molecule has 0 amide bonds. The molecule has 0 heterocycles. The summed E-state index contributed by atoms with van der Waals surface area (Å²) in [5, 5.41) is 4.98. The zero-order valence-electron chi connectivity index (χ0n) is 10.3. The molecule has 6 nitrogen and oxygen atoms in total. The summed E-state index contributed by atoms with van der Waals surface area (Å²) in [5.74, 6) is 0.0207. The summed E-state index contributed by atoms with van der Waals surface area (Å²) in [7, 11) is -7.24. The van der Waals surface area contributed by atoms with Gasteiger partial charge in [-0.05, 0) is 40.5 Å². The molecule has 0 aliphatic rings. The van der Waals surface area contributed by atoms with Gasteiger partial charge in [0.1, 0.15) is 0 Å². The number of unbranched alkanes of at least 4 members (excludes halogenated alkanes) is 1. The van der Waals surface area contributed by atoms with Gasteiger partial charge in [0.2, 0.25) is 20.0 Å². The Labute approximate surface area is 121 Å². The summed E-state index contributed by atoms with van der Waals surface area (Å²) in [5.41, 5.74) is 0.281. The zero-order valence-corrected chi connectivity index (χ0v) is 13.5. The maximum Gasteiger partial charge on any atom is 0.238 e. The van der Waals surface area contributed by atoms with Crippen LogP contribution in [-0.4, -0.2) is 22.6 Å². The fourth-order valence-corrected chi connectivity index (χ4v) is 3.89. The molecule has 0 saturated heterocycles. The number of primary sulfonamides is 1. The number of hydrogen-bond acceptors (Lipinski definition) is 4. The summed E-state index contributed by atoms with van der Waals surface area (Å²) in [6.45, 7) is 1.90. The van der Waals surface area contributed by atoms with Gasteiger partial charge in [0.15, 0.2) is 0 Å². The standard InChI is InChI=1S/C10H15BrN2O4S2/c1-2-3-6-18(14,15)13-10-5-4-8(7-9(10)11)19(12,16)17/h4-5,7,13H,2-3,6H2,1H3,(H2,12,16,17). The van der Waals surface area contributed by atoms with Crippen LogP contribution in [0.4, 0.5) is 5.69 Å². The Bertz CT molecular complexity index is 656. The van der Waals surface area contributed by atoms with E-state index in [4.69, 9.17) is 5.14 Å². The quantitative estimate of drug-likeness (QED) is 0.793. The molecule has 0 saturated carbocycles. The molecule has 1 aromatic carbocycles. The van der Waals surface area contributed by atoms with E-state index >= 15 is 0 Å². The van der Waals surface area contributed by atoms with Gasteiger partial charge in [0.25, 0.3) is 0 Å². The van der Waals surface area contributed by atoms with Crippen molar-refractivity contribution in [3.8, 4) is 0 Å². The van der Waals surface area contributed by atoms with E-state index in [0.29, 0.717) is 10.9 Å². The van der Waals surface area contributed by atoms with Gasteiger partial charge in [-0.25, -0.2) is 22.0 Å². The van der Waals surface area contributed by atoms with E-state index in [1.165, 1.54) is 18.2 Å². The molecule has 9 heteroatoms. The Morgan fingerprint density at radius 3 is 2.37 bits per heavy atom. The second-order valence-electron chi connectivity index (χ2n) is 3.96. The molecule has 0 atom stereocenters. The lowest BCUT2D eigenvalue weighted by atomic mass is 10.3. The summed E-state index contributed by atoms with van der Waals surface area (Å²) in [6.07, 6.45) is 1.33. The fourth-order valence-electron chi connectivity index (χ4n) is 1.31. The third-order valence-corrected chi connectivity index (χ3v) is 5.23. The molecule has 3 N–H and O–H groups in total. The Morgan fingerprint density at radius 2 is 1.89 bits per heavy atom. The van der Waals surface area contributed by atoms with Gasteiger partial charge >= 0.3 is 0 Å². The van der Waals surface area contributed by atoms with E-state index in [-0.39, 0.29) is 16.3 Å². The molecule has 0 spiro atoms. The van der Waals surface area contributed by atoms with Gasteiger partial charge in [-0.15, -0.1) is 0 Å². The maximum atomic E-state index is 11.7. The number of anilines is 1. The van der Waals surface area contributed by atoms with Crippen LogP contribution in [-0.2, 0) is 20.0 Å². The van der Waals surface area contributed by atoms with E-state index in [1.54, 1.807) is 0 Å². The highest BCUT2D eigenvalue weighted by Gasteiger charge is 2.14. The van der Waals surface area contributed by atoms with Crippen molar-refractivity contribution in [2.45, 2.75) is 24.7 Å². The van der Waals surface area contributed by atoms with Crippen LogP contribution in [0.3, 0.4) is 0 Å². The van der Waals surface area contributed by atoms with Gasteiger partial charge in [0.05, 0.1) is 16.3 Å². The Kier molecular flexibility index (Phi) is 5.36. The van der Waals surface area contributed by atoms with E-state index in [9.17, 15) is 16.8 Å². The molecule has 0 unspecified atom stereocenters. The molecule has 1 rings (SSSR count). The number of nitrogens with two attached hydrogens (primary N) is 1. The van der Waals surface area contributed by atoms with Crippen LogP contribution in [0.2, 0.25) is 0 Å². The number of nitrogens with one attached hydrogen (secondary N) is 1. The Balaban J connectivity index is 2.99. The van der Waals surface area contributed by atoms with Crippen LogP contribution in [0.1, 0.15) is 19.8 Å². The highest BCUT2D eigenvalue weighted by molar-refractivity contribution is 9.10. The first-order valence-corrected chi connectivity index (χ1v) is 9.47. The molecule has 19 heavy (non-hydrogen) atoms. The number of benzene rings is 1. The van der Waals surface area contributed by atoms with Crippen LogP contribution in [0.15, 0.2) is 27.6 Å². The van der Waals surface area contributed by atoms with Crippen LogP contribution in [0, 0.1) is 0 Å². The van der Waals surface area contributed by atoms with Crippen molar-refractivity contribution in [1.82, 2.24) is 0 Å². The highest BCUT2D eigenvalue weighted by atomic mass is 79.9. The van der Waals surface area contributed by atoms with Crippen LogP contribution in [0.25, 0.3) is 0 Å². The first kappa shape index (κ1) is 16.4. The summed E-state index contributed by atoms with van der Waals surface area (Å²) in [4.78, 5) is -0.0871. The monoisotopic (exact) mass is 370 g/mol. The SMILES string of the molecule is CCCCS(=O)(=O)Nc1ccc(S(N)(=O)=O)cc1Br. The molecule has 0 bridgehead atoms. The van der Waals surface area contributed by atoms with Crippen LogP contribution >= 0.6 is 15.9 Å². The van der Waals surface area contributed by atoms with Crippen molar-refractivity contribution in [2.24, 2.45) is 5.14 Å². The molecule has 0 radical (unpaired) electrons. The summed E-state index contributed by atoms with van der Waals surface area (Å²) < 4.78 is 48.4. The third kappa shape index (κ3) is 5.09. The molecular weight excluding hydrogens is 356 g/mol. The van der Waals surface area contributed by atoms with Crippen LogP contribution < -0.4 is 9.86 Å². The van der Waals surface area contributed by atoms with Crippen molar-refractivity contribution in [3.63, 3.8) is 0 Å². The predicted molar refractivity (Wildman–Crippen MR) is 77.8 cm³/mol.